The molecule has 2 aliphatic rings. The van der Waals surface area contributed by atoms with Crippen LogP contribution in [0.1, 0.15) is 24.5 Å². The largest absolute Gasteiger partial charge is 0.379 e. The minimum absolute atomic E-state index is 0.643. The van der Waals surface area contributed by atoms with Crippen LogP contribution in [0.5, 0.6) is 0 Å². The summed E-state index contributed by atoms with van der Waals surface area (Å²) in [5.41, 5.74) is 2.67. The highest BCUT2D eigenvalue weighted by Gasteiger charge is 2.30. The molecule has 2 heterocycles. The molecule has 0 saturated carbocycles. The summed E-state index contributed by atoms with van der Waals surface area (Å²) < 4.78 is 5.48. The van der Waals surface area contributed by atoms with Crippen LogP contribution in [0.2, 0.25) is 0 Å². The fourth-order valence-electron chi connectivity index (χ4n) is 3.65. The Morgan fingerprint density at radius 2 is 1.96 bits per heavy atom. The Bertz CT molecular complexity index is 551. The second-order valence-electron chi connectivity index (χ2n) is 7.01. The van der Waals surface area contributed by atoms with E-state index < -0.39 is 0 Å². The van der Waals surface area contributed by atoms with Crippen LogP contribution >= 0.6 is 0 Å². The molecule has 1 atom stereocenters. The smallest absolute Gasteiger partial charge is 0.193 e. The van der Waals surface area contributed by atoms with E-state index in [9.17, 15) is 0 Å². The molecule has 2 aliphatic heterocycles. The molecule has 1 unspecified atom stereocenters. The topological polar surface area (TPSA) is 40.1 Å². The van der Waals surface area contributed by atoms with Gasteiger partial charge in [-0.1, -0.05) is 29.8 Å². The van der Waals surface area contributed by atoms with Crippen molar-refractivity contribution in [3.8, 4) is 0 Å². The van der Waals surface area contributed by atoms with Crippen molar-refractivity contribution in [1.29, 1.82) is 0 Å². The van der Waals surface area contributed by atoms with Crippen molar-refractivity contribution < 1.29 is 4.74 Å². The number of aryl methyl sites for hydroxylation is 1. The average Bonchev–Trinajstić information content (AvgIpc) is 3.13. The number of morpholine rings is 1. The molecule has 0 aromatic heterocycles. The van der Waals surface area contributed by atoms with Gasteiger partial charge in [-0.05, 0) is 32.3 Å². The standard InChI is InChI=1S/C20H32N4O/c1-3-21-20(22-10-8-18-6-4-17(2)5-7-18)24-11-9-19(16-24)23-12-14-25-15-13-23/h4-7,19H,3,8-16H2,1-2H3,(H,21,22). The summed E-state index contributed by atoms with van der Waals surface area (Å²) in [7, 11) is 0. The van der Waals surface area contributed by atoms with Crippen molar-refractivity contribution in [3.05, 3.63) is 35.4 Å². The molecule has 0 bridgehead atoms. The number of aliphatic imine (C=N–C) groups is 1. The van der Waals surface area contributed by atoms with E-state index in [-0.39, 0.29) is 0 Å². The van der Waals surface area contributed by atoms with E-state index in [1.165, 1.54) is 17.5 Å². The van der Waals surface area contributed by atoms with Gasteiger partial charge in [0.2, 0.25) is 0 Å². The maximum Gasteiger partial charge on any atom is 0.193 e. The van der Waals surface area contributed by atoms with Gasteiger partial charge in [-0.2, -0.15) is 0 Å². The van der Waals surface area contributed by atoms with Crippen molar-refractivity contribution in [2.75, 3.05) is 52.5 Å². The number of ether oxygens (including phenoxy) is 1. The monoisotopic (exact) mass is 344 g/mol. The fraction of sp³-hybridized carbons (Fsp3) is 0.650. The lowest BCUT2D eigenvalue weighted by Crippen LogP contribution is -2.46. The molecular formula is C20H32N4O. The summed E-state index contributed by atoms with van der Waals surface area (Å²) in [5, 5.41) is 3.48. The highest BCUT2D eigenvalue weighted by Crippen LogP contribution is 2.17. The lowest BCUT2D eigenvalue weighted by Gasteiger charge is -2.32. The number of hydrogen-bond acceptors (Lipinski definition) is 3. The zero-order chi connectivity index (χ0) is 17.5. The summed E-state index contributed by atoms with van der Waals surface area (Å²) in [6, 6.07) is 9.42. The number of nitrogens with zero attached hydrogens (tertiary/aromatic N) is 3. The van der Waals surface area contributed by atoms with E-state index >= 15 is 0 Å². The first-order chi connectivity index (χ1) is 12.3. The molecule has 1 aromatic carbocycles. The SMILES string of the molecule is CCNC(=NCCc1ccc(C)cc1)N1CCC(N2CCOCC2)C1. The maximum atomic E-state index is 5.48. The molecule has 0 aliphatic carbocycles. The summed E-state index contributed by atoms with van der Waals surface area (Å²) in [5.74, 6) is 1.07. The van der Waals surface area contributed by atoms with Crippen LogP contribution in [0, 0.1) is 6.92 Å². The molecule has 0 amide bonds. The lowest BCUT2D eigenvalue weighted by molar-refractivity contribution is 0.0195. The van der Waals surface area contributed by atoms with Crippen molar-refractivity contribution >= 4 is 5.96 Å². The van der Waals surface area contributed by atoms with Crippen molar-refractivity contribution in [2.24, 2.45) is 4.99 Å². The summed E-state index contributed by atoms with van der Waals surface area (Å²) in [6.45, 7) is 12.1. The molecule has 3 rings (SSSR count). The van der Waals surface area contributed by atoms with E-state index in [2.05, 4.69) is 53.2 Å². The number of benzene rings is 1. The molecule has 5 heteroatoms. The minimum atomic E-state index is 0.643. The van der Waals surface area contributed by atoms with E-state index in [1.807, 2.05) is 0 Å². The predicted octanol–water partition coefficient (Wildman–Crippen LogP) is 1.91. The van der Waals surface area contributed by atoms with Gasteiger partial charge in [-0.25, -0.2) is 0 Å². The molecular weight excluding hydrogens is 312 g/mol. The van der Waals surface area contributed by atoms with Gasteiger partial charge >= 0.3 is 0 Å². The third-order valence-corrected chi connectivity index (χ3v) is 5.14. The highest BCUT2D eigenvalue weighted by atomic mass is 16.5. The molecule has 0 radical (unpaired) electrons. The Kier molecular flexibility index (Phi) is 6.70. The number of likely N-dealkylation sites (tertiary alicyclic amines) is 1. The number of rotatable bonds is 5. The Labute approximate surface area is 152 Å². The van der Waals surface area contributed by atoms with Crippen LogP contribution in [-0.4, -0.2) is 74.3 Å². The van der Waals surface area contributed by atoms with E-state index in [0.29, 0.717) is 6.04 Å². The molecule has 1 aromatic rings. The molecule has 2 saturated heterocycles. The Balaban J connectivity index is 1.53. The van der Waals surface area contributed by atoms with Gasteiger partial charge in [-0.15, -0.1) is 0 Å². The van der Waals surface area contributed by atoms with Gasteiger partial charge < -0.3 is 15.0 Å². The van der Waals surface area contributed by atoms with Gasteiger partial charge in [0.1, 0.15) is 0 Å². The second kappa shape index (κ2) is 9.20. The van der Waals surface area contributed by atoms with Crippen molar-refractivity contribution in [3.63, 3.8) is 0 Å². The second-order valence-corrected chi connectivity index (χ2v) is 7.01. The van der Waals surface area contributed by atoms with Crippen LogP contribution in [0.3, 0.4) is 0 Å². The zero-order valence-electron chi connectivity index (χ0n) is 15.7. The molecule has 25 heavy (non-hydrogen) atoms. The lowest BCUT2D eigenvalue weighted by atomic mass is 10.1. The molecule has 1 N–H and O–H groups in total. The quantitative estimate of drug-likeness (QED) is 0.654. The first kappa shape index (κ1) is 18.2. The first-order valence-corrected chi connectivity index (χ1v) is 9.67. The predicted molar refractivity (Wildman–Crippen MR) is 103 cm³/mol. The van der Waals surface area contributed by atoms with Gasteiger partial charge in [0.05, 0.1) is 13.2 Å². The van der Waals surface area contributed by atoms with Gasteiger partial charge in [0.25, 0.3) is 0 Å². The Morgan fingerprint density at radius 1 is 1.20 bits per heavy atom. The van der Waals surface area contributed by atoms with Crippen LogP contribution in [-0.2, 0) is 11.2 Å². The van der Waals surface area contributed by atoms with Crippen LogP contribution in [0.15, 0.2) is 29.3 Å². The normalized spacial score (nSPS) is 22.4. The van der Waals surface area contributed by atoms with E-state index in [0.717, 1.165) is 64.9 Å². The zero-order valence-corrected chi connectivity index (χ0v) is 15.7. The van der Waals surface area contributed by atoms with Gasteiger partial charge in [0, 0.05) is 45.3 Å². The van der Waals surface area contributed by atoms with Crippen molar-refractivity contribution in [1.82, 2.24) is 15.1 Å². The fourth-order valence-corrected chi connectivity index (χ4v) is 3.65. The third kappa shape index (κ3) is 5.19. The van der Waals surface area contributed by atoms with E-state index in [4.69, 9.17) is 9.73 Å². The summed E-state index contributed by atoms with van der Waals surface area (Å²) in [6.07, 6.45) is 2.22. The van der Waals surface area contributed by atoms with Crippen molar-refractivity contribution in [2.45, 2.75) is 32.7 Å². The minimum Gasteiger partial charge on any atom is -0.379 e. The molecule has 0 spiro atoms. The molecule has 2 fully saturated rings. The number of hydrogen-bond donors (Lipinski definition) is 1. The van der Waals surface area contributed by atoms with Gasteiger partial charge in [0.15, 0.2) is 5.96 Å². The maximum absolute atomic E-state index is 5.48. The van der Waals surface area contributed by atoms with Crippen LogP contribution < -0.4 is 5.32 Å². The average molecular weight is 345 g/mol. The van der Waals surface area contributed by atoms with E-state index in [1.54, 1.807) is 0 Å². The summed E-state index contributed by atoms with van der Waals surface area (Å²) in [4.78, 5) is 9.89. The molecule has 5 nitrogen and oxygen atoms in total. The Morgan fingerprint density at radius 3 is 2.68 bits per heavy atom. The third-order valence-electron chi connectivity index (χ3n) is 5.14. The number of guanidine groups is 1. The van der Waals surface area contributed by atoms with Gasteiger partial charge in [-0.3, -0.25) is 9.89 Å². The van der Waals surface area contributed by atoms with Crippen LogP contribution in [0.25, 0.3) is 0 Å². The highest BCUT2D eigenvalue weighted by molar-refractivity contribution is 5.80. The first-order valence-electron chi connectivity index (χ1n) is 9.67. The Hall–Kier alpha value is -1.59. The number of nitrogens with one attached hydrogen (secondary N) is 1. The summed E-state index contributed by atoms with van der Waals surface area (Å²) >= 11 is 0. The van der Waals surface area contributed by atoms with Crippen LogP contribution in [0.4, 0.5) is 0 Å². The molecule has 138 valence electrons.